The van der Waals surface area contributed by atoms with E-state index in [2.05, 4.69) is 19.8 Å². The Morgan fingerprint density at radius 1 is 1.38 bits per heavy atom. The molecule has 1 aliphatic rings. The molecular formula is C17H21ClN4OS. The quantitative estimate of drug-likeness (QED) is 0.854. The van der Waals surface area contributed by atoms with Gasteiger partial charge in [0.15, 0.2) is 0 Å². The maximum absolute atomic E-state index is 12.5. The maximum Gasteiger partial charge on any atom is 0.265 e. The highest BCUT2D eigenvalue weighted by Crippen LogP contribution is 2.29. The normalized spacial score (nSPS) is 16.2. The number of aromatic nitrogens is 2. The third kappa shape index (κ3) is 3.77. The summed E-state index contributed by atoms with van der Waals surface area (Å²) >= 11 is 7.55. The van der Waals surface area contributed by atoms with Crippen LogP contribution in [0.4, 0.5) is 0 Å². The van der Waals surface area contributed by atoms with Crippen molar-refractivity contribution in [1.82, 2.24) is 19.8 Å². The smallest absolute Gasteiger partial charge is 0.265 e. The minimum atomic E-state index is -0.0990. The van der Waals surface area contributed by atoms with E-state index < -0.39 is 0 Å². The van der Waals surface area contributed by atoms with Gasteiger partial charge >= 0.3 is 0 Å². The van der Waals surface area contributed by atoms with E-state index in [0.29, 0.717) is 17.8 Å². The summed E-state index contributed by atoms with van der Waals surface area (Å²) in [6.45, 7) is 4.58. The molecule has 1 N–H and O–H groups in total. The number of benzene rings is 1. The number of hydrogen-bond donors (Lipinski definition) is 1. The van der Waals surface area contributed by atoms with Gasteiger partial charge in [-0.3, -0.25) is 9.69 Å². The molecule has 2 aromatic rings. The third-order valence-corrected chi connectivity index (χ3v) is 5.51. The molecule has 128 valence electrons. The molecule has 1 aromatic heterocycles. The molecule has 0 unspecified atom stereocenters. The number of nitrogens with one attached hydrogen (secondary N) is 1. The highest BCUT2D eigenvalue weighted by atomic mass is 35.5. The van der Waals surface area contributed by atoms with Crippen molar-refractivity contribution in [3.63, 3.8) is 0 Å². The Labute approximate surface area is 151 Å². The number of aryl methyl sites for hydroxylation is 1. The topological polar surface area (TPSA) is 58.1 Å². The molecule has 2 heterocycles. The number of likely N-dealkylation sites (tertiary alicyclic amines) is 1. The minimum Gasteiger partial charge on any atom is -0.349 e. The van der Waals surface area contributed by atoms with E-state index in [0.717, 1.165) is 40.9 Å². The molecule has 1 atom stereocenters. The lowest BCUT2D eigenvalue weighted by Crippen LogP contribution is -2.37. The van der Waals surface area contributed by atoms with E-state index in [9.17, 15) is 4.79 Å². The first-order valence-corrected chi connectivity index (χ1v) is 9.43. The summed E-state index contributed by atoms with van der Waals surface area (Å²) < 4.78 is 3.89. The van der Waals surface area contributed by atoms with Crippen molar-refractivity contribution < 1.29 is 4.79 Å². The van der Waals surface area contributed by atoms with Crippen LogP contribution in [0.2, 0.25) is 5.02 Å². The monoisotopic (exact) mass is 364 g/mol. The lowest BCUT2D eigenvalue weighted by Gasteiger charge is -2.28. The number of amides is 1. The molecule has 0 spiro atoms. The molecule has 1 amide bonds. The van der Waals surface area contributed by atoms with E-state index in [4.69, 9.17) is 11.6 Å². The van der Waals surface area contributed by atoms with Crippen molar-refractivity contribution in [2.45, 2.75) is 32.2 Å². The van der Waals surface area contributed by atoms with Crippen molar-refractivity contribution >= 4 is 29.0 Å². The Hall–Kier alpha value is -1.50. The number of nitrogens with zero attached hydrogens (tertiary/aromatic N) is 3. The fraction of sp³-hybridized carbons (Fsp3) is 0.471. The van der Waals surface area contributed by atoms with E-state index in [1.165, 1.54) is 12.8 Å². The average molecular weight is 365 g/mol. The van der Waals surface area contributed by atoms with Gasteiger partial charge in [-0.2, -0.15) is 0 Å². The summed E-state index contributed by atoms with van der Waals surface area (Å²) in [5.74, 6) is -0.0990. The van der Waals surface area contributed by atoms with Crippen molar-refractivity contribution in [3.05, 3.63) is 45.4 Å². The van der Waals surface area contributed by atoms with E-state index >= 15 is 0 Å². The van der Waals surface area contributed by atoms with Crippen LogP contribution in [0.15, 0.2) is 24.3 Å². The molecule has 0 bridgehead atoms. The van der Waals surface area contributed by atoms with Gasteiger partial charge < -0.3 is 5.32 Å². The predicted octanol–water partition coefficient (Wildman–Crippen LogP) is 3.32. The second kappa shape index (κ2) is 8.05. The fourth-order valence-corrected chi connectivity index (χ4v) is 4.04. The van der Waals surface area contributed by atoms with Crippen LogP contribution < -0.4 is 5.32 Å². The SMILES string of the molecule is CCc1nnsc1C(=O)NC[C@H](c1ccccc1Cl)N1CCCC1. The second-order valence-electron chi connectivity index (χ2n) is 5.89. The fourth-order valence-electron chi connectivity index (χ4n) is 3.12. The van der Waals surface area contributed by atoms with Gasteiger partial charge in [0.25, 0.3) is 5.91 Å². The molecule has 1 fully saturated rings. The summed E-state index contributed by atoms with van der Waals surface area (Å²) in [6.07, 6.45) is 3.08. The van der Waals surface area contributed by atoms with Crippen molar-refractivity contribution in [3.8, 4) is 0 Å². The zero-order chi connectivity index (χ0) is 16.9. The van der Waals surface area contributed by atoms with Crippen LogP contribution in [0.25, 0.3) is 0 Å². The van der Waals surface area contributed by atoms with Crippen LogP contribution in [0.1, 0.15) is 46.7 Å². The summed E-state index contributed by atoms with van der Waals surface area (Å²) in [6, 6.07) is 7.97. The first-order chi connectivity index (χ1) is 11.7. The highest BCUT2D eigenvalue weighted by molar-refractivity contribution is 7.08. The summed E-state index contributed by atoms with van der Waals surface area (Å²) in [7, 11) is 0. The summed E-state index contributed by atoms with van der Waals surface area (Å²) in [5, 5.41) is 7.81. The molecule has 1 aliphatic heterocycles. The standard InChI is InChI=1S/C17H21ClN4OS/c1-2-14-16(24-21-20-14)17(23)19-11-15(22-9-5-6-10-22)12-7-3-4-8-13(12)18/h3-4,7-8,15H,2,5-6,9-11H2,1H3,(H,19,23)/t15-/m1/s1. The number of rotatable bonds is 6. The van der Waals surface area contributed by atoms with Crippen LogP contribution in [-0.2, 0) is 6.42 Å². The largest absolute Gasteiger partial charge is 0.349 e. The maximum atomic E-state index is 12.5. The Balaban J connectivity index is 1.75. The number of carbonyl (C=O) groups excluding carboxylic acids is 1. The Morgan fingerprint density at radius 2 is 2.12 bits per heavy atom. The lowest BCUT2D eigenvalue weighted by molar-refractivity contribution is 0.0941. The van der Waals surface area contributed by atoms with Crippen LogP contribution in [0, 0.1) is 0 Å². The number of halogens is 1. The van der Waals surface area contributed by atoms with Crippen LogP contribution >= 0.6 is 23.1 Å². The molecular weight excluding hydrogens is 344 g/mol. The summed E-state index contributed by atoms with van der Waals surface area (Å²) in [5.41, 5.74) is 1.83. The van der Waals surface area contributed by atoms with Gasteiger partial charge in [-0.05, 0) is 55.5 Å². The molecule has 7 heteroatoms. The number of carbonyl (C=O) groups is 1. The minimum absolute atomic E-state index is 0.0936. The van der Waals surface area contributed by atoms with Crippen LogP contribution in [0.5, 0.6) is 0 Å². The van der Waals surface area contributed by atoms with E-state index in [1.807, 2.05) is 31.2 Å². The van der Waals surface area contributed by atoms with Gasteiger partial charge in [0, 0.05) is 11.6 Å². The van der Waals surface area contributed by atoms with Crippen LogP contribution in [-0.4, -0.2) is 40.0 Å². The average Bonchev–Trinajstić information content (AvgIpc) is 3.27. The zero-order valence-electron chi connectivity index (χ0n) is 13.7. The van der Waals surface area contributed by atoms with Gasteiger partial charge in [0.1, 0.15) is 4.88 Å². The van der Waals surface area contributed by atoms with Crippen LogP contribution in [0.3, 0.4) is 0 Å². The van der Waals surface area contributed by atoms with Gasteiger partial charge in [0.05, 0.1) is 11.7 Å². The predicted molar refractivity (Wildman–Crippen MR) is 96.6 cm³/mol. The molecule has 0 aliphatic carbocycles. The lowest BCUT2D eigenvalue weighted by atomic mass is 10.1. The molecule has 24 heavy (non-hydrogen) atoms. The molecule has 1 aromatic carbocycles. The Bertz CT molecular complexity index is 699. The highest BCUT2D eigenvalue weighted by Gasteiger charge is 2.26. The molecule has 0 saturated carbocycles. The van der Waals surface area contributed by atoms with Crippen molar-refractivity contribution in [1.29, 1.82) is 0 Å². The van der Waals surface area contributed by atoms with Gasteiger partial charge in [-0.1, -0.05) is 41.2 Å². The number of hydrogen-bond acceptors (Lipinski definition) is 5. The second-order valence-corrected chi connectivity index (χ2v) is 7.05. The molecule has 5 nitrogen and oxygen atoms in total. The van der Waals surface area contributed by atoms with Gasteiger partial charge in [-0.25, -0.2) is 0 Å². The molecule has 0 radical (unpaired) electrons. The Morgan fingerprint density at radius 3 is 2.83 bits per heavy atom. The first-order valence-electron chi connectivity index (χ1n) is 8.28. The van der Waals surface area contributed by atoms with Crippen molar-refractivity contribution in [2.24, 2.45) is 0 Å². The van der Waals surface area contributed by atoms with E-state index in [-0.39, 0.29) is 11.9 Å². The van der Waals surface area contributed by atoms with Gasteiger partial charge in [-0.15, -0.1) is 5.10 Å². The van der Waals surface area contributed by atoms with E-state index in [1.54, 1.807) is 0 Å². The molecule has 1 saturated heterocycles. The third-order valence-electron chi connectivity index (χ3n) is 4.40. The zero-order valence-corrected chi connectivity index (χ0v) is 15.2. The van der Waals surface area contributed by atoms with Gasteiger partial charge in [0.2, 0.25) is 0 Å². The Kier molecular flexibility index (Phi) is 5.81. The summed E-state index contributed by atoms with van der Waals surface area (Å²) in [4.78, 5) is 15.5. The van der Waals surface area contributed by atoms with Crippen molar-refractivity contribution in [2.75, 3.05) is 19.6 Å². The molecule has 3 rings (SSSR count). The first kappa shape index (κ1) is 17.3.